The van der Waals surface area contributed by atoms with Gasteiger partial charge in [-0.05, 0) is 40.9 Å². The number of hydrogen-bond donors (Lipinski definition) is 1. The summed E-state index contributed by atoms with van der Waals surface area (Å²) >= 11 is 3.37. The fraction of sp³-hybridized carbons (Fsp3) is 0.455. The maximum atomic E-state index is 13.7. The van der Waals surface area contributed by atoms with Gasteiger partial charge in [0.25, 0.3) is 0 Å². The Bertz CT molecular complexity index is 406. The minimum absolute atomic E-state index is 0.0185. The van der Waals surface area contributed by atoms with Gasteiger partial charge in [0.15, 0.2) is 0 Å². The van der Waals surface area contributed by atoms with Crippen LogP contribution in [0.3, 0.4) is 0 Å². The standard InChI is InChI=1S/C11H11BrFNO/c12-7-3-4-8(13)10-9(5-15-11(7)10)14-6-1-2-6/h3-4,6,9,14H,1-2,5H2. The number of fused-ring (bicyclic) bond motifs is 1. The molecule has 1 aromatic carbocycles. The van der Waals surface area contributed by atoms with Crippen molar-refractivity contribution in [1.82, 2.24) is 5.32 Å². The van der Waals surface area contributed by atoms with E-state index in [4.69, 9.17) is 4.74 Å². The number of halogens is 2. The second kappa shape index (κ2) is 3.46. The van der Waals surface area contributed by atoms with Gasteiger partial charge < -0.3 is 10.1 Å². The highest BCUT2D eigenvalue weighted by Crippen LogP contribution is 2.41. The lowest BCUT2D eigenvalue weighted by Crippen LogP contribution is -2.24. The summed E-state index contributed by atoms with van der Waals surface area (Å²) in [7, 11) is 0. The molecule has 1 aromatic rings. The molecule has 0 amide bonds. The van der Waals surface area contributed by atoms with Crippen molar-refractivity contribution < 1.29 is 9.13 Å². The van der Waals surface area contributed by atoms with Gasteiger partial charge in [-0.3, -0.25) is 0 Å². The number of nitrogens with one attached hydrogen (secondary N) is 1. The molecule has 0 radical (unpaired) electrons. The van der Waals surface area contributed by atoms with Crippen LogP contribution in [0.4, 0.5) is 4.39 Å². The molecule has 2 aliphatic rings. The lowest BCUT2D eigenvalue weighted by molar-refractivity contribution is 0.308. The van der Waals surface area contributed by atoms with E-state index in [1.165, 1.54) is 18.9 Å². The molecule has 1 aliphatic heterocycles. The molecule has 1 fully saturated rings. The molecular weight excluding hydrogens is 261 g/mol. The van der Waals surface area contributed by atoms with E-state index in [-0.39, 0.29) is 11.9 Å². The average molecular weight is 272 g/mol. The zero-order valence-corrected chi connectivity index (χ0v) is 9.68. The van der Waals surface area contributed by atoms with Gasteiger partial charge in [0.05, 0.1) is 16.1 Å². The van der Waals surface area contributed by atoms with Crippen molar-refractivity contribution >= 4 is 15.9 Å². The molecule has 1 N–H and O–H groups in total. The van der Waals surface area contributed by atoms with Crippen molar-refractivity contribution in [1.29, 1.82) is 0 Å². The van der Waals surface area contributed by atoms with Gasteiger partial charge in [-0.1, -0.05) is 0 Å². The number of benzene rings is 1. The SMILES string of the molecule is Fc1ccc(Br)c2c1C(NC1CC1)CO2. The van der Waals surface area contributed by atoms with Crippen LogP contribution < -0.4 is 10.1 Å². The third kappa shape index (κ3) is 1.66. The topological polar surface area (TPSA) is 21.3 Å². The van der Waals surface area contributed by atoms with Crippen LogP contribution in [0.1, 0.15) is 24.4 Å². The molecule has 80 valence electrons. The van der Waals surface area contributed by atoms with Crippen LogP contribution >= 0.6 is 15.9 Å². The van der Waals surface area contributed by atoms with Crippen molar-refractivity contribution in [2.75, 3.05) is 6.61 Å². The monoisotopic (exact) mass is 271 g/mol. The van der Waals surface area contributed by atoms with Crippen molar-refractivity contribution in [3.8, 4) is 5.75 Å². The van der Waals surface area contributed by atoms with E-state index in [1.54, 1.807) is 6.07 Å². The van der Waals surface area contributed by atoms with Gasteiger partial charge in [0.1, 0.15) is 18.2 Å². The highest BCUT2D eigenvalue weighted by atomic mass is 79.9. The second-order valence-corrected chi connectivity index (χ2v) is 4.93. The first-order chi connectivity index (χ1) is 7.25. The summed E-state index contributed by atoms with van der Waals surface area (Å²) in [4.78, 5) is 0. The first kappa shape index (κ1) is 9.60. The Morgan fingerprint density at radius 1 is 1.40 bits per heavy atom. The van der Waals surface area contributed by atoms with Crippen LogP contribution in [0.5, 0.6) is 5.75 Å². The lowest BCUT2D eigenvalue weighted by Gasteiger charge is -2.10. The van der Waals surface area contributed by atoms with Crippen molar-refractivity contribution in [2.24, 2.45) is 0 Å². The lowest BCUT2D eigenvalue weighted by atomic mass is 10.1. The smallest absolute Gasteiger partial charge is 0.141 e. The largest absolute Gasteiger partial charge is 0.490 e. The molecule has 1 saturated carbocycles. The van der Waals surface area contributed by atoms with Crippen molar-refractivity contribution in [3.63, 3.8) is 0 Å². The highest BCUT2D eigenvalue weighted by molar-refractivity contribution is 9.10. The molecular formula is C11H11BrFNO. The summed E-state index contributed by atoms with van der Waals surface area (Å²) in [6, 6.07) is 3.75. The Balaban J connectivity index is 1.96. The van der Waals surface area contributed by atoms with Gasteiger partial charge in [-0.15, -0.1) is 0 Å². The number of ether oxygens (including phenoxy) is 1. The summed E-state index contributed by atoms with van der Waals surface area (Å²) in [6.45, 7) is 0.533. The molecule has 3 rings (SSSR count). The Labute approximate surface area is 95.9 Å². The fourth-order valence-corrected chi connectivity index (χ4v) is 2.40. The minimum Gasteiger partial charge on any atom is -0.490 e. The summed E-state index contributed by atoms with van der Waals surface area (Å²) in [6.07, 6.45) is 2.39. The zero-order valence-electron chi connectivity index (χ0n) is 8.09. The molecule has 1 aliphatic carbocycles. The molecule has 1 unspecified atom stereocenters. The zero-order chi connectivity index (χ0) is 10.4. The molecule has 0 spiro atoms. The van der Waals surface area contributed by atoms with Gasteiger partial charge in [0, 0.05) is 6.04 Å². The molecule has 0 bridgehead atoms. The third-order valence-electron chi connectivity index (χ3n) is 2.85. The fourth-order valence-electron chi connectivity index (χ4n) is 1.94. The van der Waals surface area contributed by atoms with Crippen LogP contribution in [-0.2, 0) is 0 Å². The maximum Gasteiger partial charge on any atom is 0.141 e. The van der Waals surface area contributed by atoms with E-state index in [2.05, 4.69) is 21.2 Å². The highest BCUT2D eigenvalue weighted by Gasteiger charge is 2.33. The number of hydrogen-bond acceptors (Lipinski definition) is 2. The molecule has 2 nitrogen and oxygen atoms in total. The van der Waals surface area contributed by atoms with Crippen molar-refractivity contribution in [2.45, 2.75) is 24.9 Å². The summed E-state index contributed by atoms with van der Waals surface area (Å²) in [5, 5.41) is 3.39. The Kier molecular flexibility index (Phi) is 2.21. The van der Waals surface area contributed by atoms with Gasteiger partial charge in [0.2, 0.25) is 0 Å². The average Bonchev–Trinajstić information content (AvgIpc) is 2.91. The van der Waals surface area contributed by atoms with Crippen LogP contribution in [0, 0.1) is 5.82 Å². The maximum absolute atomic E-state index is 13.7. The molecule has 4 heteroatoms. The Morgan fingerprint density at radius 2 is 2.20 bits per heavy atom. The van der Waals surface area contributed by atoms with Gasteiger partial charge in [-0.2, -0.15) is 0 Å². The molecule has 1 heterocycles. The van der Waals surface area contributed by atoms with E-state index < -0.39 is 0 Å². The summed E-state index contributed by atoms with van der Waals surface area (Å²) in [5.74, 6) is 0.483. The van der Waals surface area contributed by atoms with E-state index in [0.717, 1.165) is 4.47 Å². The first-order valence-corrected chi connectivity index (χ1v) is 5.92. The van der Waals surface area contributed by atoms with Crippen molar-refractivity contribution in [3.05, 3.63) is 28.0 Å². The Hall–Kier alpha value is -0.610. The first-order valence-electron chi connectivity index (χ1n) is 5.12. The van der Waals surface area contributed by atoms with Gasteiger partial charge in [-0.25, -0.2) is 4.39 Å². The molecule has 0 saturated heterocycles. The third-order valence-corrected chi connectivity index (χ3v) is 3.48. The normalized spacial score (nSPS) is 23.7. The van der Waals surface area contributed by atoms with Crippen LogP contribution in [0.15, 0.2) is 16.6 Å². The van der Waals surface area contributed by atoms with Crippen LogP contribution in [0.2, 0.25) is 0 Å². The predicted octanol–water partition coefficient (Wildman–Crippen LogP) is 2.77. The molecule has 15 heavy (non-hydrogen) atoms. The van der Waals surface area contributed by atoms with Crippen LogP contribution in [-0.4, -0.2) is 12.6 Å². The van der Waals surface area contributed by atoms with E-state index >= 15 is 0 Å². The summed E-state index contributed by atoms with van der Waals surface area (Å²) in [5.41, 5.74) is 0.677. The van der Waals surface area contributed by atoms with E-state index in [9.17, 15) is 4.39 Å². The molecule has 0 aromatic heterocycles. The second-order valence-electron chi connectivity index (χ2n) is 4.08. The predicted molar refractivity (Wildman–Crippen MR) is 58.5 cm³/mol. The van der Waals surface area contributed by atoms with E-state index in [1.807, 2.05) is 0 Å². The summed E-state index contributed by atoms with van der Waals surface area (Å²) < 4.78 is 20.0. The quantitative estimate of drug-likeness (QED) is 0.893. The minimum atomic E-state index is -0.177. The van der Waals surface area contributed by atoms with E-state index in [0.29, 0.717) is 24.0 Å². The number of rotatable bonds is 2. The van der Waals surface area contributed by atoms with Crippen LogP contribution in [0.25, 0.3) is 0 Å². The Morgan fingerprint density at radius 3 is 2.93 bits per heavy atom. The molecule has 1 atom stereocenters. The van der Waals surface area contributed by atoms with Gasteiger partial charge >= 0.3 is 0 Å².